The molecule has 0 aliphatic carbocycles. The number of alkyl halides is 3. The van der Waals surface area contributed by atoms with Crippen LogP contribution in [0, 0.1) is 5.92 Å². The van der Waals surface area contributed by atoms with Crippen molar-refractivity contribution in [1.29, 1.82) is 0 Å². The van der Waals surface area contributed by atoms with E-state index in [0.717, 1.165) is 25.2 Å². The van der Waals surface area contributed by atoms with Crippen molar-refractivity contribution in [3.63, 3.8) is 0 Å². The highest BCUT2D eigenvalue weighted by molar-refractivity contribution is 7.89. The summed E-state index contributed by atoms with van der Waals surface area (Å²) in [6.07, 6.45) is -4.24. The first-order valence-corrected chi connectivity index (χ1v) is 12.3. The second-order valence-electron chi connectivity index (χ2n) is 8.83. The summed E-state index contributed by atoms with van der Waals surface area (Å²) in [6, 6.07) is 4.33. The number of hydrogen-bond acceptors (Lipinski definition) is 6. The number of nitrogens with zero attached hydrogens (tertiary/aromatic N) is 2. The molecule has 0 unspecified atom stereocenters. The molecule has 1 N–H and O–H groups in total. The Labute approximate surface area is 192 Å². The van der Waals surface area contributed by atoms with Crippen molar-refractivity contribution in [1.82, 2.24) is 14.5 Å². The highest BCUT2D eigenvalue weighted by Crippen LogP contribution is 2.28. The van der Waals surface area contributed by atoms with Crippen LogP contribution < -0.4 is 10.1 Å². The summed E-state index contributed by atoms with van der Waals surface area (Å²) in [5, 5.41) is 2.99. The lowest BCUT2D eigenvalue weighted by atomic mass is 9.96. The highest BCUT2D eigenvalue weighted by atomic mass is 32.2. The van der Waals surface area contributed by atoms with Gasteiger partial charge in [-0.15, -0.1) is 13.2 Å². The van der Waals surface area contributed by atoms with Crippen LogP contribution in [-0.4, -0.2) is 81.4 Å². The summed E-state index contributed by atoms with van der Waals surface area (Å²) in [7, 11) is -4.00. The average molecular weight is 494 g/mol. The quantitative estimate of drug-likeness (QED) is 0.627. The van der Waals surface area contributed by atoms with Crippen molar-refractivity contribution < 1.29 is 35.9 Å². The Morgan fingerprint density at radius 2 is 1.79 bits per heavy atom. The van der Waals surface area contributed by atoms with Crippen LogP contribution in [0.25, 0.3) is 0 Å². The fourth-order valence-corrected chi connectivity index (χ4v) is 5.57. The number of hydrogen-bond donors (Lipinski definition) is 1. The zero-order valence-corrected chi connectivity index (χ0v) is 19.5. The summed E-state index contributed by atoms with van der Waals surface area (Å²) < 4.78 is 73.5. The summed E-state index contributed by atoms with van der Waals surface area (Å²) in [4.78, 5) is 14.7. The second-order valence-corrected chi connectivity index (χ2v) is 10.8. The van der Waals surface area contributed by atoms with Gasteiger partial charge in [0.25, 0.3) is 0 Å². The molecule has 0 radical (unpaired) electrons. The number of carbonyl (C=O) groups is 1. The standard InChI is InChI=1S/C21H30F3N3O5S/c1-20(2,26-10-12-31-13-11-26)15-25-19(28)16-6-8-27(9-7-16)33(29,30)18-5-3-4-17(14-18)32-21(22,23)24/h3-5,14,16H,6-13,15H2,1-2H3,(H,25,28). The minimum Gasteiger partial charge on any atom is -0.406 e. The van der Waals surface area contributed by atoms with Gasteiger partial charge in [0.05, 0.1) is 18.1 Å². The fourth-order valence-electron chi connectivity index (χ4n) is 4.07. The van der Waals surface area contributed by atoms with Crippen LogP contribution in [0.15, 0.2) is 29.2 Å². The number of sulfonamides is 1. The van der Waals surface area contributed by atoms with Crippen LogP contribution in [0.2, 0.25) is 0 Å². The van der Waals surface area contributed by atoms with E-state index in [2.05, 4.69) is 28.8 Å². The van der Waals surface area contributed by atoms with Gasteiger partial charge in [0.2, 0.25) is 15.9 Å². The van der Waals surface area contributed by atoms with Gasteiger partial charge >= 0.3 is 6.36 Å². The van der Waals surface area contributed by atoms with Gasteiger partial charge < -0.3 is 14.8 Å². The Balaban J connectivity index is 1.54. The smallest absolute Gasteiger partial charge is 0.406 e. The molecule has 186 valence electrons. The molecule has 0 spiro atoms. The van der Waals surface area contributed by atoms with E-state index in [0.29, 0.717) is 32.6 Å². The van der Waals surface area contributed by atoms with Gasteiger partial charge in [-0.25, -0.2) is 8.42 Å². The number of carbonyl (C=O) groups excluding carboxylic acids is 1. The van der Waals surface area contributed by atoms with Crippen LogP contribution in [0.5, 0.6) is 5.75 Å². The van der Waals surface area contributed by atoms with Crippen molar-refractivity contribution in [2.75, 3.05) is 45.9 Å². The van der Waals surface area contributed by atoms with E-state index < -0.39 is 22.1 Å². The monoisotopic (exact) mass is 493 g/mol. The number of ether oxygens (including phenoxy) is 2. The molecule has 0 saturated carbocycles. The third kappa shape index (κ3) is 6.81. The van der Waals surface area contributed by atoms with Crippen molar-refractivity contribution >= 4 is 15.9 Å². The molecule has 2 saturated heterocycles. The lowest BCUT2D eigenvalue weighted by Gasteiger charge is -2.41. The third-order valence-corrected chi connectivity index (χ3v) is 7.96. The van der Waals surface area contributed by atoms with E-state index >= 15 is 0 Å². The lowest BCUT2D eigenvalue weighted by Crippen LogP contribution is -2.56. The lowest BCUT2D eigenvalue weighted by molar-refractivity contribution is -0.274. The van der Waals surface area contributed by atoms with Crippen molar-refractivity contribution in [2.45, 2.75) is 43.5 Å². The fraction of sp³-hybridized carbons (Fsp3) is 0.667. The SMILES string of the molecule is CC(C)(CNC(=O)C1CCN(S(=O)(=O)c2cccc(OC(F)(F)F)c2)CC1)N1CCOCC1. The van der Waals surface area contributed by atoms with Crippen molar-refractivity contribution in [3.05, 3.63) is 24.3 Å². The molecule has 0 aromatic heterocycles. The van der Waals surface area contributed by atoms with Gasteiger partial charge in [-0.3, -0.25) is 9.69 Å². The molecule has 2 fully saturated rings. The molecule has 2 aliphatic rings. The van der Waals surface area contributed by atoms with Crippen molar-refractivity contribution in [2.24, 2.45) is 5.92 Å². The minimum absolute atomic E-state index is 0.109. The maximum absolute atomic E-state index is 12.9. The number of piperidine rings is 1. The van der Waals surface area contributed by atoms with Gasteiger partial charge in [-0.1, -0.05) is 6.07 Å². The van der Waals surface area contributed by atoms with Gasteiger partial charge in [0.1, 0.15) is 5.75 Å². The van der Waals surface area contributed by atoms with Gasteiger partial charge in [0, 0.05) is 50.2 Å². The zero-order valence-electron chi connectivity index (χ0n) is 18.7. The number of benzene rings is 1. The number of halogens is 3. The Hall–Kier alpha value is -1.89. The summed E-state index contributed by atoms with van der Waals surface area (Å²) >= 11 is 0. The van der Waals surface area contributed by atoms with Crippen LogP contribution in [-0.2, 0) is 19.6 Å². The Bertz CT molecular complexity index is 925. The van der Waals surface area contributed by atoms with E-state index in [1.165, 1.54) is 16.4 Å². The molecule has 3 rings (SSSR count). The number of morpholine rings is 1. The molecule has 1 amide bonds. The number of amides is 1. The Kier molecular flexibility index (Phi) is 7.92. The topological polar surface area (TPSA) is 88.2 Å². The maximum Gasteiger partial charge on any atom is 0.573 e. The molecule has 2 heterocycles. The minimum atomic E-state index is -4.91. The Morgan fingerprint density at radius 1 is 1.15 bits per heavy atom. The largest absolute Gasteiger partial charge is 0.573 e. The zero-order chi connectivity index (χ0) is 24.3. The number of nitrogens with one attached hydrogen (secondary N) is 1. The summed E-state index contributed by atoms with van der Waals surface area (Å²) in [5.74, 6) is -1.04. The molecule has 2 aliphatic heterocycles. The predicted molar refractivity (Wildman–Crippen MR) is 114 cm³/mol. The first-order chi connectivity index (χ1) is 15.4. The highest BCUT2D eigenvalue weighted by Gasteiger charge is 2.35. The molecule has 8 nitrogen and oxygen atoms in total. The molecule has 12 heteroatoms. The van der Waals surface area contributed by atoms with Gasteiger partial charge in [0.15, 0.2) is 0 Å². The normalized spacial score (nSPS) is 19.9. The molecule has 33 heavy (non-hydrogen) atoms. The first-order valence-electron chi connectivity index (χ1n) is 10.8. The predicted octanol–water partition coefficient (Wildman–Crippen LogP) is 2.21. The van der Waals surface area contributed by atoms with Gasteiger partial charge in [-0.2, -0.15) is 4.31 Å². The van der Waals surface area contributed by atoms with Crippen LogP contribution >= 0.6 is 0 Å². The first kappa shape index (κ1) is 25.7. The van der Waals surface area contributed by atoms with E-state index in [9.17, 15) is 26.4 Å². The molecule has 1 aromatic rings. The van der Waals surface area contributed by atoms with Crippen LogP contribution in [0.4, 0.5) is 13.2 Å². The van der Waals surface area contributed by atoms with Crippen LogP contribution in [0.3, 0.4) is 0 Å². The molecule has 1 aromatic carbocycles. The van der Waals surface area contributed by atoms with E-state index in [1.54, 1.807) is 0 Å². The molecule has 0 bridgehead atoms. The van der Waals surface area contributed by atoms with Crippen molar-refractivity contribution in [3.8, 4) is 5.75 Å². The molecule has 0 atom stereocenters. The van der Waals surface area contributed by atoms with Gasteiger partial charge in [-0.05, 0) is 38.8 Å². The molecular formula is C21H30F3N3O5S. The van der Waals surface area contributed by atoms with E-state index in [1.807, 2.05) is 0 Å². The van der Waals surface area contributed by atoms with E-state index in [-0.39, 0.29) is 35.3 Å². The second kappa shape index (κ2) is 10.2. The van der Waals surface area contributed by atoms with Crippen LogP contribution in [0.1, 0.15) is 26.7 Å². The average Bonchev–Trinajstić information content (AvgIpc) is 2.77. The summed E-state index contributed by atoms with van der Waals surface area (Å²) in [6.45, 7) is 7.73. The number of rotatable bonds is 7. The maximum atomic E-state index is 12.9. The third-order valence-electron chi connectivity index (χ3n) is 6.06. The van der Waals surface area contributed by atoms with E-state index in [4.69, 9.17) is 4.74 Å². The summed E-state index contributed by atoms with van der Waals surface area (Å²) in [5.41, 5.74) is -0.229. The molecular weight excluding hydrogens is 463 g/mol. The Morgan fingerprint density at radius 3 is 2.39 bits per heavy atom.